The Hall–Kier alpha value is -0.300. The van der Waals surface area contributed by atoms with Crippen molar-refractivity contribution in [1.82, 2.24) is 0 Å². The van der Waals surface area contributed by atoms with Crippen LogP contribution >= 0.6 is 0 Å². The highest BCUT2D eigenvalue weighted by molar-refractivity contribution is 5.28. The molecule has 4 bridgehead atoms. The number of aliphatic hydroxyl groups is 1. The molecule has 0 spiro atoms. The highest BCUT2D eigenvalue weighted by Crippen LogP contribution is 2.78. The van der Waals surface area contributed by atoms with Crippen molar-refractivity contribution < 1.29 is 5.11 Å². The van der Waals surface area contributed by atoms with E-state index in [1.165, 1.54) is 38.5 Å². The third-order valence-electron chi connectivity index (χ3n) is 6.72. The zero-order valence-electron chi connectivity index (χ0n) is 10.7. The van der Waals surface area contributed by atoms with Gasteiger partial charge >= 0.3 is 0 Å². The van der Waals surface area contributed by atoms with Crippen LogP contribution < -0.4 is 0 Å². The van der Waals surface area contributed by atoms with Crippen molar-refractivity contribution in [3.05, 3.63) is 12.2 Å². The maximum absolute atomic E-state index is 9.50. The maximum Gasteiger partial charge on any atom is 0.0644 e. The largest absolute Gasteiger partial charge is 0.392 e. The Kier molecular flexibility index (Phi) is 1.98. The Balaban J connectivity index is 2.09. The van der Waals surface area contributed by atoms with Crippen molar-refractivity contribution in [2.75, 3.05) is 6.61 Å². The minimum absolute atomic E-state index is 0.197. The maximum atomic E-state index is 9.50. The van der Waals surface area contributed by atoms with Gasteiger partial charge in [-0.1, -0.05) is 26.8 Å². The van der Waals surface area contributed by atoms with Crippen LogP contribution in [0.3, 0.4) is 0 Å². The monoisotopic (exact) mass is 220 g/mol. The van der Waals surface area contributed by atoms with E-state index in [4.69, 9.17) is 0 Å². The van der Waals surface area contributed by atoms with Crippen molar-refractivity contribution in [3.8, 4) is 0 Å². The van der Waals surface area contributed by atoms with Crippen LogP contribution in [0.15, 0.2) is 12.2 Å². The van der Waals surface area contributed by atoms with E-state index < -0.39 is 0 Å². The molecular weight excluding hydrogens is 196 g/mol. The lowest BCUT2D eigenvalue weighted by Crippen LogP contribution is -2.38. The Bertz CT molecular complexity index is 347. The second-order valence-corrected chi connectivity index (χ2v) is 7.02. The van der Waals surface area contributed by atoms with Gasteiger partial charge < -0.3 is 5.11 Å². The Morgan fingerprint density at radius 2 is 2.06 bits per heavy atom. The highest BCUT2D eigenvalue weighted by atomic mass is 16.3. The van der Waals surface area contributed by atoms with Crippen LogP contribution in [0.25, 0.3) is 0 Å². The minimum atomic E-state index is 0.197. The lowest BCUT2D eigenvalue weighted by Gasteiger charge is -2.46. The molecule has 0 amide bonds. The van der Waals surface area contributed by atoms with E-state index in [9.17, 15) is 5.11 Å². The summed E-state index contributed by atoms with van der Waals surface area (Å²) in [5.41, 5.74) is 2.48. The van der Waals surface area contributed by atoms with E-state index in [2.05, 4.69) is 20.4 Å². The predicted molar refractivity (Wildman–Crippen MR) is 66.1 cm³/mol. The molecule has 0 aromatic rings. The second kappa shape index (κ2) is 2.93. The van der Waals surface area contributed by atoms with E-state index in [1.54, 1.807) is 0 Å². The smallest absolute Gasteiger partial charge is 0.0644 e. The average molecular weight is 220 g/mol. The molecule has 0 aromatic heterocycles. The zero-order chi connectivity index (χ0) is 11.6. The third-order valence-corrected chi connectivity index (χ3v) is 6.72. The summed E-state index contributed by atoms with van der Waals surface area (Å²) in [6, 6.07) is 0. The molecule has 90 valence electrons. The van der Waals surface area contributed by atoms with Gasteiger partial charge in [-0.25, -0.2) is 0 Å². The van der Waals surface area contributed by atoms with E-state index >= 15 is 0 Å². The molecule has 1 heteroatoms. The molecule has 0 unspecified atom stereocenters. The van der Waals surface area contributed by atoms with Gasteiger partial charge in [0.25, 0.3) is 0 Å². The number of rotatable bonds is 2. The van der Waals surface area contributed by atoms with Gasteiger partial charge in [0.1, 0.15) is 0 Å². The fraction of sp³-hybridized carbons (Fsp3) is 0.867. The number of hydrogen-bond acceptors (Lipinski definition) is 1. The van der Waals surface area contributed by atoms with E-state index in [0.29, 0.717) is 16.2 Å². The zero-order valence-corrected chi connectivity index (χ0v) is 10.7. The van der Waals surface area contributed by atoms with E-state index in [0.717, 1.165) is 11.5 Å². The SMILES string of the molecule is C=C(CO)[C@@]12CCC[C@@]3(C)[C@@H]1CC[C@@]3(C)C2. The molecule has 0 aromatic carbocycles. The molecular formula is C15H24O. The van der Waals surface area contributed by atoms with Crippen molar-refractivity contribution in [2.45, 2.75) is 52.4 Å². The first kappa shape index (κ1) is 10.8. The normalized spacial score (nSPS) is 54.3. The predicted octanol–water partition coefficient (Wildman–Crippen LogP) is 3.53. The topological polar surface area (TPSA) is 20.2 Å². The number of aliphatic hydroxyl groups excluding tert-OH is 1. The van der Waals surface area contributed by atoms with Crippen LogP contribution in [-0.2, 0) is 0 Å². The molecule has 16 heavy (non-hydrogen) atoms. The molecule has 3 saturated carbocycles. The molecule has 0 heterocycles. The van der Waals surface area contributed by atoms with Gasteiger partial charge in [0.2, 0.25) is 0 Å². The quantitative estimate of drug-likeness (QED) is 0.706. The van der Waals surface area contributed by atoms with Gasteiger partial charge in [-0.05, 0) is 59.8 Å². The van der Waals surface area contributed by atoms with Gasteiger partial charge in [-0.15, -0.1) is 0 Å². The van der Waals surface area contributed by atoms with Crippen molar-refractivity contribution >= 4 is 0 Å². The first-order chi connectivity index (χ1) is 7.48. The molecule has 0 aliphatic heterocycles. The average Bonchev–Trinajstić information content (AvgIpc) is 2.56. The van der Waals surface area contributed by atoms with Crippen LogP contribution in [-0.4, -0.2) is 11.7 Å². The van der Waals surface area contributed by atoms with Crippen LogP contribution in [0.2, 0.25) is 0 Å². The molecule has 3 aliphatic carbocycles. The molecule has 1 nitrogen and oxygen atoms in total. The van der Waals surface area contributed by atoms with Crippen LogP contribution in [0, 0.1) is 22.2 Å². The molecule has 4 atom stereocenters. The number of hydrogen-bond donors (Lipinski definition) is 1. The van der Waals surface area contributed by atoms with Crippen molar-refractivity contribution in [1.29, 1.82) is 0 Å². The summed E-state index contributed by atoms with van der Waals surface area (Å²) in [5, 5.41) is 9.50. The minimum Gasteiger partial charge on any atom is -0.392 e. The summed E-state index contributed by atoms with van der Waals surface area (Å²) in [5.74, 6) is 0.804. The fourth-order valence-electron chi connectivity index (χ4n) is 5.70. The van der Waals surface area contributed by atoms with E-state index in [-0.39, 0.29) is 6.61 Å². The van der Waals surface area contributed by atoms with E-state index in [1.807, 2.05) is 0 Å². The Labute approximate surface area is 98.9 Å². The summed E-state index contributed by atoms with van der Waals surface area (Å²) in [7, 11) is 0. The highest BCUT2D eigenvalue weighted by Gasteiger charge is 2.70. The summed E-state index contributed by atoms with van der Waals surface area (Å²) in [6.45, 7) is 9.40. The second-order valence-electron chi connectivity index (χ2n) is 7.02. The van der Waals surface area contributed by atoms with Crippen LogP contribution in [0.4, 0.5) is 0 Å². The van der Waals surface area contributed by atoms with Gasteiger partial charge in [-0.3, -0.25) is 0 Å². The summed E-state index contributed by atoms with van der Waals surface area (Å²) < 4.78 is 0. The van der Waals surface area contributed by atoms with Crippen LogP contribution in [0.1, 0.15) is 52.4 Å². The summed E-state index contributed by atoms with van der Waals surface area (Å²) >= 11 is 0. The Morgan fingerprint density at radius 3 is 2.75 bits per heavy atom. The van der Waals surface area contributed by atoms with Gasteiger partial charge in [0, 0.05) is 0 Å². The lowest BCUT2D eigenvalue weighted by molar-refractivity contribution is 0.0669. The molecule has 3 aliphatic rings. The summed E-state index contributed by atoms with van der Waals surface area (Å²) in [6.07, 6.45) is 8.07. The molecule has 0 saturated heterocycles. The molecule has 1 N–H and O–H groups in total. The fourth-order valence-corrected chi connectivity index (χ4v) is 5.70. The third kappa shape index (κ3) is 0.932. The molecule has 0 radical (unpaired) electrons. The first-order valence-corrected chi connectivity index (χ1v) is 6.78. The summed E-state index contributed by atoms with van der Waals surface area (Å²) in [4.78, 5) is 0. The Morgan fingerprint density at radius 1 is 1.31 bits per heavy atom. The lowest BCUT2D eigenvalue weighted by atomic mass is 9.59. The van der Waals surface area contributed by atoms with Gasteiger partial charge in [0.15, 0.2) is 0 Å². The molecule has 3 fully saturated rings. The van der Waals surface area contributed by atoms with Crippen molar-refractivity contribution in [3.63, 3.8) is 0 Å². The van der Waals surface area contributed by atoms with Crippen LogP contribution in [0.5, 0.6) is 0 Å². The first-order valence-electron chi connectivity index (χ1n) is 6.78. The van der Waals surface area contributed by atoms with Gasteiger partial charge in [-0.2, -0.15) is 0 Å². The van der Waals surface area contributed by atoms with Gasteiger partial charge in [0.05, 0.1) is 6.61 Å². The molecule has 3 rings (SSSR count). The standard InChI is InChI=1S/C15H24O/c1-11(9-16)15-7-4-6-14(3)12(15)5-8-13(14,2)10-15/h12,16H,1,4-10H2,2-3H3/t12-,13-,14-,15-/m0/s1. The van der Waals surface area contributed by atoms with Crippen molar-refractivity contribution in [2.24, 2.45) is 22.2 Å².